The zero-order valence-corrected chi connectivity index (χ0v) is 16.3. The number of nitrogens with zero attached hydrogens (tertiary/aromatic N) is 3. The molecule has 1 N–H and O–H groups in total. The van der Waals surface area contributed by atoms with E-state index in [1.54, 1.807) is 0 Å². The Morgan fingerprint density at radius 2 is 1.87 bits per heavy atom. The Morgan fingerprint density at radius 3 is 2.47 bits per heavy atom. The third-order valence-corrected chi connectivity index (χ3v) is 5.35. The van der Waals surface area contributed by atoms with Gasteiger partial charge in [0.15, 0.2) is 0 Å². The van der Waals surface area contributed by atoms with Gasteiger partial charge < -0.3 is 10.0 Å². The number of benzene rings is 1. The lowest BCUT2D eigenvalue weighted by molar-refractivity contribution is -0.144. The largest absolute Gasteiger partial charge is 0.465 e. The van der Waals surface area contributed by atoms with Crippen LogP contribution in [0.25, 0.3) is 5.69 Å². The molecule has 0 bridgehead atoms. The number of carbonyl (C=O) groups is 1. The fraction of sp³-hybridized carbons (Fsp3) is 0.389. The molecule has 0 radical (unpaired) electrons. The molecule has 1 atom stereocenters. The summed E-state index contributed by atoms with van der Waals surface area (Å²) in [6.45, 7) is 0.213. The molecule has 2 heterocycles. The van der Waals surface area contributed by atoms with E-state index in [9.17, 15) is 37.1 Å². The van der Waals surface area contributed by atoms with Crippen LogP contribution in [0.1, 0.15) is 36.6 Å². The van der Waals surface area contributed by atoms with Crippen LogP contribution in [-0.4, -0.2) is 31.8 Å². The number of amides is 1. The molecule has 12 heteroatoms. The second-order valence-corrected chi connectivity index (χ2v) is 7.26. The molecule has 1 amide bonds. The van der Waals surface area contributed by atoms with Crippen LogP contribution in [0.2, 0.25) is 5.02 Å². The molecule has 0 spiro atoms. The summed E-state index contributed by atoms with van der Waals surface area (Å²) < 4.78 is 54.2. The van der Waals surface area contributed by atoms with Crippen molar-refractivity contribution in [2.45, 2.75) is 31.5 Å². The van der Waals surface area contributed by atoms with E-state index in [0.29, 0.717) is 19.3 Å². The average Bonchev–Trinajstić information content (AvgIpc) is 2.65. The summed E-state index contributed by atoms with van der Waals surface area (Å²) in [4.78, 5) is 37.4. The van der Waals surface area contributed by atoms with Gasteiger partial charge in [0.1, 0.15) is 11.5 Å². The Hall–Kier alpha value is -2.82. The Balaban J connectivity index is 2.23. The van der Waals surface area contributed by atoms with Crippen molar-refractivity contribution < 1.29 is 27.5 Å². The van der Waals surface area contributed by atoms with Crippen molar-refractivity contribution in [3.63, 3.8) is 0 Å². The van der Waals surface area contributed by atoms with Crippen LogP contribution < -0.4 is 11.2 Å². The second kappa shape index (κ2) is 7.78. The first kappa shape index (κ1) is 21.9. The first-order valence-electron chi connectivity index (χ1n) is 8.82. The maximum atomic E-state index is 14.6. The number of alkyl halides is 3. The molecule has 1 aromatic heterocycles. The summed E-state index contributed by atoms with van der Waals surface area (Å²) in [5, 5.41) is 9.31. The number of halogens is 5. The maximum absolute atomic E-state index is 14.6. The molecule has 7 nitrogen and oxygen atoms in total. The molecule has 1 unspecified atom stereocenters. The minimum atomic E-state index is -4.96. The highest BCUT2D eigenvalue weighted by Gasteiger charge is 2.36. The SMILES string of the molecule is Cn1c(C(F)(F)F)cc(=O)n(-c2cc(C3CCCCN3C(=O)O)c(Cl)cc2F)c1=O. The van der Waals surface area contributed by atoms with Crippen LogP contribution >= 0.6 is 11.6 Å². The number of hydrogen-bond donors (Lipinski definition) is 1. The molecule has 2 aromatic rings. The summed E-state index contributed by atoms with van der Waals surface area (Å²) in [6.07, 6.45) is -4.52. The standard InChI is InChI=1S/C18H16ClF4N3O4/c1-24-14(18(21,22)23)8-15(27)26(16(24)28)13-6-9(10(19)7-11(13)20)12-4-2-3-5-25(12)17(29)30/h6-8,12H,2-5H2,1H3,(H,29,30). The second-order valence-electron chi connectivity index (χ2n) is 6.86. The minimum absolute atomic E-state index is 0.119. The van der Waals surface area contributed by atoms with E-state index in [0.717, 1.165) is 24.1 Å². The number of piperidine rings is 1. The molecular formula is C18H16ClF4N3O4. The van der Waals surface area contributed by atoms with Crippen LogP contribution in [-0.2, 0) is 13.2 Å². The monoisotopic (exact) mass is 449 g/mol. The van der Waals surface area contributed by atoms with Crippen molar-refractivity contribution in [2.24, 2.45) is 7.05 Å². The number of hydrogen-bond acceptors (Lipinski definition) is 3. The summed E-state index contributed by atoms with van der Waals surface area (Å²) in [5.41, 5.74) is -4.71. The fourth-order valence-corrected chi connectivity index (χ4v) is 3.86. The molecule has 0 saturated carbocycles. The van der Waals surface area contributed by atoms with Crippen molar-refractivity contribution in [1.82, 2.24) is 14.0 Å². The highest BCUT2D eigenvalue weighted by molar-refractivity contribution is 6.31. The summed E-state index contributed by atoms with van der Waals surface area (Å²) in [7, 11) is 0.809. The highest BCUT2D eigenvalue weighted by Crippen LogP contribution is 2.36. The third-order valence-electron chi connectivity index (χ3n) is 5.03. The van der Waals surface area contributed by atoms with Crippen LogP contribution in [0.4, 0.5) is 22.4 Å². The Labute approximate surface area is 171 Å². The molecule has 0 aliphatic carbocycles. The van der Waals surface area contributed by atoms with Crippen LogP contribution in [0.15, 0.2) is 27.8 Å². The molecule has 30 heavy (non-hydrogen) atoms. The fourth-order valence-electron chi connectivity index (χ4n) is 3.58. The van der Waals surface area contributed by atoms with Gasteiger partial charge in [-0.25, -0.2) is 18.5 Å². The van der Waals surface area contributed by atoms with Crippen molar-refractivity contribution in [2.75, 3.05) is 6.54 Å². The molecule has 3 rings (SSSR count). The van der Waals surface area contributed by atoms with Gasteiger partial charge in [0.05, 0.1) is 11.7 Å². The number of likely N-dealkylation sites (tertiary alicyclic amines) is 1. The van der Waals surface area contributed by atoms with Crippen LogP contribution in [0.3, 0.4) is 0 Å². The minimum Gasteiger partial charge on any atom is -0.465 e. The Kier molecular flexibility index (Phi) is 5.68. The topological polar surface area (TPSA) is 84.5 Å². The zero-order chi connectivity index (χ0) is 22.4. The van der Waals surface area contributed by atoms with E-state index in [-0.39, 0.29) is 32.3 Å². The summed E-state index contributed by atoms with van der Waals surface area (Å²) >= 11 is 6.11. The molecule has 162 valence electrons. The van der Waals surface area contributed by atoms with Gasteiger partial charge in [-0.05, 0) is 37.0 Å². The first-order chi connectivity index (χ1) is 13.9. The van der Waals surface area contributed by atoms with Gasteiger partial charge in [-0.2, -0.15) is 13.2 Å². The van der Waals surface area contributed by atoms with Crippen molar-refractivity contribution in [3.05, 3.63) is 61.1 Å². The van der Waals surface area contributed by atoms with Crippen LogP contribution in [0, 0.1) is 5.82 Å². The van der Waals surface area contributed by atoms with Gasteiger partial charge in [0.2, 0.25) is 0 Å². The van der Waals surface area contributed by atoms with Gasteiger partial charge >= 0.3 is 18.0 Å². The summed E-state index contributed by atoms with van der Waals surface area (Å²) in [5.74, 6) is -1.11. The van der Waals surface area contributed by atoms with Gasteiger partial charge in [-0.3, -0.25) is 9.36 Å². The molecule has 1 aromatic carbocycles. The number of aromatic nitrogens is 2. The normalized spacial score (nSPS) is 17.3. The molecule has 1 fully saturated rings. The average molecular weight is 450 g/mol. The summed E-state index contributed by atoms with van der Waals surface area (Å²) in [6, 6.07) is 1.29. The van der Waals surface area contributed by atoms with Crippen LogP contribution in [0.5, 0.6) is 0 Å². The third kappa shape index (κ3) is 3.81. The zero-order valence-electron chi connectivity index (χ0n) is 15.5. The highest BCUT2D eigenvalue weighted by atomic mass is 35.5. The van der Waals surface area contributed by atoms with E-state index in [4.69, 9.17) is 11.6 Å². The predicted octanol–water partition coefficient (Wildman–Crippen LogP) is 3.55. The molecule has 1 saturated heterocycles. The Bertz CT molecular complexity index is 1130. The van der Waals surface area contributed by atoms with E-state index >= 15 is 0 Å². The van der Waals surface area contributed by atoms with Crippen molar-refractivity contribution in [3.8, 4) is 5.69 Å². The van der Waals surface area contributed by atoms with E-state index in [1.807, 2.05) is 0 Å². The smallest absolute Gasteiger partial charge is 0.431 e. The number of carboxylic acid groups (broad SMARTS) is 1. The molecular weight excluding hydrogens is 434 g/mol. The van der Waals surface area contributed by atoms with Crippen molar-refractivity contribution >= 4 is 17.7 Å². The van der Waals surface area contributed by atoms with Gasteiger partial charge in [-0.1, -0.05) is 11.6 Å². The van der Waals surface area contributed by atoms with E-state index in [2.05, 4.69) is 0 Å². The van der Waals surface area contributed by atoms with E-state index < -0.39 is 46.8 Å². The van der Waals surface area contributed by atoms with Crippen molar-refractivity contribution in [1.29, 1.82) is 0 Å². The molecule has 1 aliphatic rings. The quantitative estimate of drug-likeness (QED) is 0.711. The maximum Gasteiger partial charge on any atom is 0.431 e. The van der Waals surface area contributed by atoms with Gasteiger partial charge in [0, 0.05) is 24.7 Å². The molecule has 1 aliphatic heterocycles. The first-order valence-corrected chi connectivity index (χ1v) is 9.20. The van der Waals surface area contributed by atoms with Gasteiger partial charge in [0.25, 0.3) is 5.56 Å². The lowest BCUT2D eigenvalue weighted by Gasteiger charge is -2.34. The lowest BCUT2D eigenvalue weighted by Crippen LogP contribution is -2.41. The lowest BCUT2D eigenvalue weighted by atomic mass is 9.95. The predicted molar refractivity (Wildman–Crippen MR) is 98.6 cm³/mol. The Morgan fingerprint density at radius 1 is 1.20 bits per heavy atom. The number of rotatable bonds is 2. The van der Waals surface area contributed by atoms with E-state index in [1.165, 1.54) is 0 Å². The van der Waals surface area contributed by atoms with Gasteiger partial charge in [-0.15, -0.1) is 0 Å².